The molecule has 2 aliphatic carbocycles. The Hall–Kier alpha value is -2.43. The van der Waals surface area contributed by atoms with Gasteiger partial charge in [0.05, 0.1) is 11.7 Å². The van der Waals surface area contributed by atoms with Crippen molar-refractivity contribution in [1.29, 1.82) is 0 Å². The average Bonchev–Trinajstić information content (AvgIpc) is 3.08. The zero-order valence-corrected chi connectivity index (χ0v) is 14.5. The zero-order chi connectivity index (χ0) is 17.4. The van der Waals surface area contributed by atoms with Crippen molar-refractivity contribution in [2.24, 2.45) is 0 Å². The highest BCUT2D eigenvalue weighted by atomic mass is 16.2. The van der Waals surface area contributed by atoms with Crippen LogP contribution in [0.25, 0.3) is 0 Å². The summed E-state index contributed by atoms with van der Waals surface area (Å²) in [4.78, 5) is 25.1. The fourth-order valence-corrected chi connectivity index (χ4v) is 4.00. The van der Waals surface area contributed by atoms with E-state index in [0.29, 0.717) is 0 Å². The van der Waals surface area contributed by atoms with Gasteiger partial charge in [-0.05, 0) is 62.1 Å². The van der Waals surface area contributed by atoms with Crippen LogP contribution in [0.2, 0.25) is 0 Å². The Labute approximate surface area is 147 Å². The molecular formula is C20H23N3O2. The van der Waals surface area contributed by atoms with Gasteiger partial charge in [0.25, 0.3) is 5.56 Å². The topological polar surface area (TPSA) is 64.0 Å². The summed E-state index contributed by atoms with van der Waals surface area (Å²) in [5.74, 6) is -0.144. The Morgan fingerprint density at radius 1 is 1.20 bits per heavy atom. The van der Waals surface area contributed by atoms with Gasteiger partial charge in [-0.3, -0.25) is 9.59 Å². The Morgan fingerprint density at radius 3 is 2.88 bits per heavy atom. The number of carbonyl (C=O) groups is 1. The summed E-state index contributed by atoms with van der Waals surface area (Å²) in [5, 5.41) is 7.58. The van der Waals surface area contributed by atoms with Crippen LogP contribution in [0.4, 0.5) is 0 Å². The number of nitrogens with one attached hydrogen (secondary N) is 1. The molecule has 25 heavy (non-hydrogen) atoms. The number of rotatable bonds is 3. The van der Waals surface area contributed by atoms with Crippen molar-refractivity contribution in [3.8, 4) is 0 Å². The number of benzene rings is 1. The smallest absolute Gasteiger partial charge is 0.267 e. The summed E-state index contributed by atoms with van der Waals surface area (Å²) in [6.45, 7) is 1.75. The number of hydrogen-bond acceptors (Lipinski definition) is 3. The lowest BCUT2D eigenvalue weighted by atomic mass is 9.87. The molecule has 1 heterocycles. The van der Waals surface area contributed by atoms with E-state index >= 15 is 0 Å². The molecule has 2 aliphatic rings. The summed E-state index contributed by atoms with van der Waals surface area (Å²) in [6.07, 6.45) is 5.89. The van der Waals surface area contributed by atoms with Gasteiger partial charge in [0.2, 0.25) is 5.91 Å². The van der Waals surface area contributed by atoms with Gasteiger partial charge >= 0.3 is 0 Å². The molecule has 130 valence electrons. The number of aryl methyl sites for hydroxylation is 3. The highest BCUT2D eigenvalue weighted by molar-refractivity contribution is 5.80. The molecule has 1 aromatic heterocycles. The molecule has 0 aliphatic heterocycles. The molecule has 2 aromatic rings. The SMILES string of the molecule is C[C@H](C(=O)N[C@@H]1CCCc2ccccc21)n1nc2c(cc1=O)CCC2. The maximum absolute atomic E-state index is 12.8. The quantitative estimate of drug-likeness (QED) is 0.936. The highest BCUT2D eigenvalue weighted by Crippen LogP contribution is 2.29. The third-order valence-corrected chi connectivity index (χ3v) is 5.41. The van der Waals surface area contributed by atoms with Crippen LogP contribution in [0.1, 0.15) is 60.7 Å². The molecule has 0 radical (unpaired) electrons. The van der Waals surface area contributed by atoms with Crippen molar-refractivity contribution in [2.75, 3.05) is 0 Å². The van der Waals surface area contributed by atoms with Crippen LogP contribution in [0.15, 0.2) is 35.1 Å². The Balaban J connectivity index is 1.55. The molecule has 5 nitrogen and oxygen atoms in total. The van der Waals surface area contributed by atoms with E-state index in [2.05, 4.69) is 22.5 Å². The number of nitrogens with zero attached hydrogens (tertiary/aromatic N) is 2. The van der Waals surface area contributed by atoms with Gasteiger partial charge in [0.15, 0.2) is 0 Å². The minimum atomic E-state index is -0.604. The maximum atomic E-state index is 12.8. The van der Waals surface area contributed by atoms with Crippen molar-refractivity contribution in [3.05, 3.63) is 63.1 Å². The largest absolute Gasteiger partial charge is 0.347 e. The van der Waals surface area contributed by atoms with Gasteiger partial charge in [-0.25, -0.2) is 4.68 Å². The first-order chi connectivity index (χ1) is 12.1. The molecule has 5 heteroatoms. The van der Waals surface area contributed by atoms with Gasteiger partial charge in [-0.15, -0.1) is 0 Å². The molecular weight excluding hydrogens is 314 g/mol. The molecule has 1 aromatic carbocycles. The minimum Gasteiger partial charge on any atom is -0.347 e. The van der Waals surface area contributed by atoms with Crippen molar-refractivity contribution in [3.63, 3.8) is 0 Å². The lowest BCUT2D eigenvalue weighted by Gasteiger charge is -2.27. The summed E-state index contributed by atoms with van der Waals surface area (Å²) in [5.41, 5.74) is 4.31. The van der Waals surface area contributed by atoms with E-state index < -0.39 is 6.04 Å². The lowest BCUT2D eigenvalue weighted by molar-refractivity contribution is -0.125. The molecule has 2 atom stereocenters. The summed E-state index contributed by atoms with van der Waals surface area (Å²) >= 11 is 0. The Bertz CT molecular complexity index is 871. The molecule has 0 bridgehead atoms. The summed E-state index contributed by atoms with van der Waals surface area (Å²) < 4.78 is 1.34. The van der Waals surface area contributed by atoms with E-state index in [-0.39, 0.29) is 17.5 Å². The van der Waals surface area contributed by atoms with Crippen LogP contribution in [0.3, 0.4) is 0 Å². The molecule has 1 N–H and O–H groups in total. The van der Waals surface area contributed by atoms with E-state index in [0.717, 1.165) is 49.8 Å². The van der Waals surface area contributed by atoms with Crippen molar-refractivity contribution in [2.45, 2.75) is 57.5 Å². The van der Waals surface area contributed by atoms with Crippen LogP contribution in [0.5, 0.6) is 0 Å². The second-order valence-electron chi connectivity index (χ2n) is 7.08. The second kappa shape index (κ2) is 6.47. The van der Waals surface area contributed by atoms with Gasteiger partial charge in [0, 0.05) is 6.07 Å². The van der Waals surface area contributed by atoms with Crippen LogP contribution in [-0.4, -0.2) is 15.7 Å². The van der Waals surface area contributed by atoms with E-state index in [9.17, 15) is 9.59 Å². The van der Waals surface area contributed by atoms with Crippen LogP contribution in [0, 0.1) is 0 Å². The Morgan fingerprint density at radius 2 is 2.00 bits per heavy atom. The fraction of sp³-hybridized carbons (Fsp3) is 0.450. The van der Waals surface area contributed by atoms with Crippen LogP contribution >= 0.6 is 0 Å². The first-order valence-electron chi connectivity index (χ1n) is 9.13. The summed E-state index contributed by atoms with van der Waals surface area (Å²) in [7, 11) is 0. The van der Waals surface area contributed by atoms with Gasteiger partial charge in [-0.2, -0.15) is 5.10 Å². The average molecular weight is 337 g/mol. The second-order valence-corrected chi connectivity index (χ2v) is 7.08. The van der Waals surface area contributed by atoms with Crippen molar-refractivity contribution >= 4 is 5.91 Å². The third kappa shape index (κ3) is 2.99. The van der Waals surface area contributed by atoms with E-state index in [4.69, 9.17) is 0 Å². The van der Waals surface area contributed by atoms with E-state index in [1.807, 2.05) is 12.1 Å². The molecule has 0 saturated heterocycles. The molecule has 4 rings (SSSR count). The lowest BCUT2D eigenvalue weighted by Crippen LogP contribution is -2.39. The number of carbonyl (C=O) groups excluding carboxylic acids is 1. The predicted molar refractivity (Wildman–Crippen MR) is 95.5 cm³/mol. The van der Waals surface area contributed by atoms with E-state index in [1.54, 1.807) is 13.0 Å². The number of fused-ring (bicyclic) bond motifs is 2. The van der Waals surface area contributed by atoms with Gasteiger partial charge < -0.3 is 5.32 Å². The van der Waals surface area contributed by atoms with Crippen LogP contribution in [-0.2, 0) is 24.1 Å². The van der Waals surface area contributed by atoms with Crippen molar-refractivity contribution in [1.82, 2.24) is 15.1 Å². The van der Waals surface area contributed by atoms with Crippen LogP contribution < -0.4 is 10.9 Å². The third-order valence-electron chi connectivity index (χ3n) is 5.41. The van der Waals surface area contributed by atoms with Gasteiger partial charge in [-0.1, -0.05) is 24.3 Å². The molecule has 1 amide bonds. The molecule has 0 spiro atoms. The zero-order valence-electron chi connectivity index (χ0n) is 14.5. The number of amides is 1. The standard InChI is InChI=1S/C20H23N3O2/c1-13(23-19(24)12-15-8-5-10-17(15)22-23)20(25)21-18-11-4-7-14-6-2-3-9-16(14)18/h2-3,6,9,12-13,18H,4-5,7-8,10-11H2,1H3,(H,21,25)/t13-,18-/m1/s1. The fourth-order valence-electron chi connectivity index (χ4n) is 4.00. The Kier molecular flexibility index (Phi) is 4.15. The van der Waals surface area contributed by atoms with Crippen molar-refractivity contribution < 1.29 is 4.79 Å². The molecule has 0 fully saturated rings. The first-order valence-corrected chi connectivity index (χ1v) is 9.13. The minimum absolute atomic E-state index is 0.0185. The summed E-state index contributed by atoms with van der Waals surface area (Å²) in [6, 6.07) is 9.33. The van der Waals surface area contributed by atoms with E-state index in [1.165, 1.54) is 15.8 Å². The molecule has 0 saturated carbocycles. The number of hydrogen-bond donors (Lipinski definition) is 1. The normalized spacial score (nSPS) is 19.8. The van der Waals surface area contributed by atoms with Gasteiger partial charge in [0.1, 0.15) is 6.04 Å². The number of aromatic nitrogens is 2. The molecule has 0 unspecified atom stereocenters. The highest BCUT2D eigenvalue weighted by Gasteiger charge is 2.26. The first kappa shape index (κ1) is 16.1. The monoisotopic (exact) mass is 337 g/mol. The predicted octanol–water partition coefficient (Wildman–Crippen LogP) is 2.49. The maximum Gasteiger partial charge on any atom is 0.267 e.